The lowest BCUT2D eigenvalue weighted by Gasteiger charge is -2.34. The van der Waals surface area contributed by atoms with Gasteiger partial charge in [-0.2, -0.15) is 9.37 Å². The highest BCUT2D eigenvalue weighted by Gasteiger charge is 2.39. The highest BCUT2D eigenvalue weighted by Crippen LogP contribution is 2.39. The van der Waals surface area contributed by atoms with E-state index in [1.165, 1.54) is 0 Å². The number of rotatable bonds is 3. The smallest absolute Gasteiger partial charge is 0.239 e. The highest BCUT2D eigenvalue weighted by molar-refractivity contribution is 7.91. The minimum atomic E-state index is -3.89. The van der Waals surface area contributed by atoms with E-state index >= 15 is 4.39 Å². The fourth-order valence-electron chi connectivity index (χ4n) is 4.03. The van der Waals surface area contributed by atoms with Crippen LogP contribution in [-0.4, -0.2) is 58.0 Å². The minimum absolute atomic E-state index is 0.0899. The van der Waals surface area contributed by atoms with E-state index in [1.54, 1.807) is 9.80 Å². The maximum atomic E-state index is 15.2. The van der Waals surface area contributed by atoms with Gasteiger partial charge in [0, 0.05) is 32.8 Å². The molecule has 0 aliphatic carbocycles. The molecular weight excluding hydrogens is 364 g/mol. The highest BCUT2D eigenvalue weighted by atomic mass is 32.2. The number of anilines is 2. The molecule has 2 fully saturated rings. The molecule has 0 saturated carbocycles. The Morgan fingerprint density at radius 3 is 2.58 bits per heavy atom. The molecule has 3 aliphatic heterocycles. The Kier molecular flexibility index (Phi) is 4.77. The van der Waals surface area contributed by atoms with E-state index in [1.807, 2.05) is 0 Å². The predicted molar refractivity (Wildman–Crippen MR) is 93.5 cm³/mol. The second kappa shape index (κ2) is 6.92. The number of hydrogen-bond acceptors (Lipinski definition) is 6. The van der Waals surface area contributed by atoms with Gasteiger partial charge in [0.15, 0.2) is 21.5 Å². The van der Waals surface area contributed by atoms with Crippen LogP contribution in [0.4, 0.5) is 20.3 Å². The van der Waals surface area contributed by atoms with Crippen molar-refractivity contribution in [2.24, 2.45) is 0 Å². The van der Waals surface area contributed by atoms with E-state index in [0.717, 1.165) is 32.1 Å². The Morgan fingerprint density at radius 1 is 1.12 bits per heavy atom. The summed E-state index contributed by atoms with van der Waals surface area (Å²) in [6.45, 7) is 2.23. The topological polar surface area (TPSA) is 62.7 Å². The van der Waals surface area contributed by atoms with Crippen LogP contribution in [0.5, 0.6) is 0 Å². The van der Waals surface area contributed by atoms with E-state index < -0.39 is 26.5 Å². The lowest BCUT2D eigenvalue weighted by atomic mass is 10.1. The fraction of sp³-hybridized carbons (Fsp3) is 0.706. The summed E-state index contributed by atoms with van der Waals surface area (Å²) >= 11 is 0. The molecule has 1 atom stereocenters. The van der Waals surface area contributed by atoms with Gasteiger partial charge in [-0.1, -0.05) is 0 Å². The van der Waals surface area contributed by atoms with Crippen molar-refractivity contribution in [3.8, 4) is 0 Å². The first kappa shape index (κ1) is 17.9. The first-order valence-electron chi connectivity index (χ1n) is 9.20. The van der Waals surface area contributed by atoms with E-state index in [2.05, 4.69) is 4.98 Å². The van der Waals surface area contributed by atoms with Crippen molar-refractivity contribution in [1.82, 2.24) is 4.98 Å². The summed E-state index contributed by atoms with van der Waals surface area (Å²) in [4.78, 5) is 6.54. The molecule has 0 aromatic carbocycles. The Labute approximate surface area is 152 Å². The summed E-state index contributed by atoms with van der Waals surface area (Å²) in [6, 6.07) is 0. The number of hydrogen-bond donors (Lipinski definition) is 0. The van der Waals surface area contributed by atoms with Crippen LogP contribution in [0.1, 0.15) is 32.1 Å². The number of piperidine rings is 1. The van der Waals surface area contributed by atoms with Gasteiger partial charge in [0.25, 0.3) is 0 Å². The van der Waals surface area contributed by atoms with E-state index in [0.29, 0.717) is 26.2 Å². The van der Waals surface area contributed by atoms with Gasteiger partial charge in [-0.3, -0.25) is 0 Å². The average molecular weight is 387 g/mol. The van der Waals surface area contributed by atoms with Crippen LogP contribution in [0, 0.1) is 11.8 Å². The molecule has 6 nitrogen and oxygen atoms in total. The van der Waals surface area contributed by atoms with Crippen molar-refractivity contribution in [3.05, 3.63) is 11.8 Å². The lowest BCUT2D eigenvalue weighted by Crippen LogP contribution is -2.42. The van der Waals surface area contributed by atoms with E-state index in [-0.39, 0.29) is 29.9 Å². The zero-order valence-electron chi connectivity index (χ0n) is 14.6. The van der Waals surface area contributed by atoms with Crippen molar-refractivity contribution in [3.63, 3.8) is 0 Å². The molecule has 0 amide bonds. The zero-order chi connectivity index (χ0) is 18.3. The number of halogens is 2. The van der Waals surface area contributed by atoms with Crippen LogP contribution in [0.2, 0.25) is 0 Å². The molecule has 0 N–H and O–H groups in total. The van der Waals surface area contributed by atoms with Gasteiger partial charge in [-0.05, 0) is 32.1 Å². The molecule has 0 unspecified atom stereocenters. The summed E-state index contributed by atoms with van der Waals surface area (Å²) in [6.07, 6.45) is 4.41. The number of ether oxygens (including phenoxy) is 1. The van der Waals surface area contributed by atoms with Crippen molar-refractivity contribution in [2.75, 3.05) is 48.3 Å². The van der Waals surface area contributed by atoms with Crippen LogP contribution in [0.3, 0.4) is 0 Å². The number of nitrogens with zero attached hydrogens (tertiary/aromatic N) is 3. The number of fused-ring (bicyclic) bond motifs is 1. The first-order chi connectivity index (χ1) is 12.5. The molecule has 26 heavy (non-hydrogen) atoms. The summed E-state index contributed by atoms with van der Waals surface area (Å²) in [7, 11) is -3.89. The first-order valence-corrected chi connectivity index (χ1v) is 10.9. The van der Waals surface area contributed by atoms with Gasteiger partial charge in [0.2, 0.25) is 5.95 Å². The van der Waals surface area contributed by atoms with E-state index in [4.69, 9.17) is 4.74 Å². The largest absolute Gasteiger partial charge is 0.376 e. The van der Waals surface area contributed by atoms with Gasteiger partial charge in [-0.15, -0.1) is 0 Å². The molecule has 4 heterocycles. The Morgan fingerprint density at radius 2 is 1.88 bits per heavy atom. The molecule has 144 valence electrons. The average Bonchev–Trinajstić information content (AvgIpc) is 3.13. The number of aromatic nitrogens is 1. The van der Waals surface area contributed by atoms with Crippen LogP contribution >= 0.6 is 0 Å². The molecule has 2 saturated heterocycles. The molecule has 0 bridgehead atoms. The second-order valence-corrected chi connectivity index (χ2v) is 9.21. The Hall–Kier alpha value is -1.48. The van der Waals surface area contributed by atoms with Crippen molar-refractivity contribution >= 4 is 21.3 Å². The van der Waals surface area contributed by atoms with Gasteiger partial charge >= 0.3 is 0 Å². The number of sulfone groups is 1. The third kappa shape index (κ3) is 3.15. The Balaban J connectivity index is 1.76. The standard InChI is InChI=1S/C17H23F2N3O3S/c18-13-15-14(16(19)20-17(13)21-6-2-1-3-7-21)22(8-10-26(15,23)24)11-12-5-4-9-25-12/h12H,1-11H2/t12-/m0/s1. The van der Waals surface area contributed by atoms with Crippen LogP contribution in [0.25, 0.3) is 0 Å². The maximum Gasteiger partial charge on any atom is 0.239 e. The van der Waals surface area contributed by atoms with E-state index in [9.17, 15) is 12.8 Å². The third-order valence-corrected chi connectivity index (χ3v) is 7.09. The molecule has 1 aromatic heterocycles. The second-order valence-electron chi connectivity index (χ2n) is 7.17. The van der Waals surface area contributed by atoms with Crippen LogP contribution in [0.15, 0.2) is 4.90 Å². The molecule has 3 aliphatic rings. The molecule has 9 heteroatoms. The van der Waals surface area contributed by atoms with Crippen LogP contribution < -0.4 is 9.80 Å². The molecular formula is C17H23F2N3O3S. The van der Waals surface area contributed by atoms with Gasteiger partial charge in [0.05, 0.1) is 11.9 Å². The summed E-state index contributed by atoms with van der Waals surface area (Å²) in [5, 5.41) is 0. The van der Waals surface area contributed by atoms with Gasteiger partial charge in [-0.25, -0.2) is 12.8 Å². The minimum Gasteiger partial charge on any atom is -0.376 e. The monoisotopic (exact) mass is 387 g/mol. The van der Waals surface area contributed by atoms with Gasteiger partial charge < -0.3 is 14.5 Å². The molecule has 0 spiro atoms. The lowest BCUT2D eigenvalue weighted by molar-refractivity contribution is 0.115. The van der Waals surface area contributed by atoms with Crippen molar-refractivity contribution in [2.45, 2.75) is 43.1 Å². The SMILES string of the molecule is O=S1(=O)CCN(C[C@@H]2CCCO2)c2c(F)nc(N3CCCCC3)c(F)c21. The van der Waals surface area contributed by atoms with Crippen molar-refractivity contribution in [1.29, 1.82) is 0 Å². The Bertz CT molecular complexity index is 791. The fourth-order valence-corrected chi connectivity index (χ4v) is 5.57. The zero-order valence-corrected chi connectivity index (χ0v) is 15.4. The van der Waals surface area contributed by atoms with Gasteiger partial charge in [0.1, 0.15) is 10.6 Å². The molecule has 1 aromatic rings. The summed E-state index contributed by atoms with van der Waals surface area (Å²) in [5.74, 6) is -2.24. The van der Waals surface area contributed by atoms with Crippen molar-refractivity contribution < 1.29 is 21.9 Å². The normalized spacial score (nSPS) is 25.4. The third-order valence-electron chi connectivity index (χ3n) is 5.37. The molecule has 0 radical (unpaired) electrons. The summed E-state index contributed by atoms with van der Waals surface area (Å²) in [5.41, 5.74) is -0.231. The predicted octanol–water partition coefficient (Wildman–Crippen LogP) is 2.12. The quantitative estimate of drug-likeness (QED) is 0.741. The number of pyridine rings is 1. The van der Waals surface area contributed by atoms with Crippen LogP contribution in [-0.2, 0) is 14.6 Å². The summed E-state index contributed by atoms with van der Waals surface area (Å²) < 4.78 is 60.8. The molecule has 4 rings (SSSR count). The maximum absolute atomic E-state index is 15.2.